The first-order chi connectivity index (χ1) is 7.23. The highest BCUT2D eigenvalue weighted by molar-refractivity contribution is 5.74. The monoisotopic (exact) mass is 237 g/mol. The number of carboxylic acid groups (broad SMARTS) is 2. The van der Waals surface area contributed by atoms with E-state index >= 15 is 0 Å². The summed E-state index contributed by atoms with van der Waals surface area (Å²) >= 11 is 0. The Labute approximate surface area is 93.9 Å². The van der Waals surface area contributed by atoms with E-state index in [0.717, 1.165) is 20.3 Å². The largest absolute Gasteiger partial charge is 0.481 e. The summed E-state index contributed by atoms with van der Waals surface area (Å²) in [5.41, 5.74) is 9.87. The number of oxime groups is 1. The maximum atomic E-state index is 9.00. The van der Waals surface area contributed by atoms with Crippen molar-refractivity contribution in [2.24, 2.45) is 16.6 Å². The number of hydrogen-bond donors (Lipinski definition) is 4. The molecule has 0 aromatic heterocycles. The van der Waals surface area contributed by atoms with Crippen molar-refractivity contribution in [3.05, 3.63) is 0 Å². The Morgan fingerprint density at radius 2 is 1.50 bits per heavy atom. The normalized spacial score (nSPS) is 7.19. The average Bonchev–Trinajstić information content (AvgIpc) is 2.01. The molecule has 8 nitrogen and oxygen atoms in total. The minimum absolute atomic E-state index is 0.0292. The van der Waals surface area contributed by atoms with Crippen LogP contribution in [0.3, 0.4) is 0 Å². The van der Waals surface area contributed by atoms with E-state index in [1.54, 1.807) is 0 Å². The molecule has 0 fully saturated rings. The fraction of sp³-hybridized carbons (Fsp3) is 0.625. The molecule has 0 spiro atoms. The molecule has 0 aliphatic heterocycles. The maximum Gasteiger partial charge on any atom is 0.300 e. The van der Waals surface area contributed by atoms with Gasteiger partial charge in [0.1, 0.15) is 6.61 Å². The van der Waals surface area contributed by atoms with E-state index in [2.05, 4.69) is 9.99 Å². The van der Waals surface area contributed by atoms with Crippen LogP contribution in [0.5, 0.6) is 0 Å². The summed E-state index contributed by atoms with van der Waals surface area (Å²) in [6, 6.07) is 0. The van der Waals surface area contributed by atoms with Gasteiger partial charge in [0.2, 0.25) is 5.96 Å². The van der Waals surface area contributed by atoms with Gasteiger partial charge in [-0.15, -0.1) is 0 Å². The standard InChI is InChI=1S/C4H11N3O.2C2H4O2/c1-2-3-8-7-4(5)6;2*1-2(3)4/h2-3H2,1H3,(H4,5,6,7);2*1H3,(H,3,4). The summed E-state index contributed by atoms with van der Waals surface area (Å²) in [4.78, 5) is 22.6. The summed E-state index contributed by atoms with van der Waals surface area (Å²) in [6.45, 7) is 4.71. The molecule has 0 unspecified atom stereocenters. The highest BCUT2D eigenvalue weighted by Crippen LogP contribution is 1.77. The first kappa shape index (κ1) is 19.6. The average molecular weight is 237 g/mol. The second-order valence-corrected chi connectivity index (χ2v) is 2.39. The molecular formula is C8H19N3O5. The van der Waals surface area contributed by atoms with Crippen LogP contribution >= 0.6 is 0 Å². The highest BCUT2D eigenvalue weighted by atomic mass is 16.6. The lowest BCUT2D eigenvalue weighted by Crippen LogP contribution is -2.22. The van der Waals surface area contributed by atoms with Crippen LogP contribution in [0.2, 0.25) is 0 Å². The van der Waals surface area contributed by atoms with Gasteiger partial charge in [-0.3, -0.25) is 9.59 Å². The third kappa shape index (κ3) is 161. The zero-order valence-electron chi connectivity index (χ0n) is 9.64. The van der Waals surface area contributed by atoms with Crippen molar-refractivity contribution in [1.82, 2.24) is 0 Å². The number of carbonyl (C=O) groups is 2. The van der Waals surface area contributed by atoms with E-state index in [1.807, 2.05) is 6.92 Å². The quantitative estimate of drug-likeness (QED) is 0.229. The van der Waals surface area contributed by atoms with Gasteiger partial charge in [-0.25, -0.2) is 0 Å². The number of aliphatic carboxylic acids is 2. The number of hydrogen-bond acceptors (Lipinski definition) is 4. The first-order valence-electron chi connectivity index (χ1n) is 4.33. The van der Waals surface area contributed by atoms with Crippen LogP contribution in [0, 0.1) is 0 Å². The summed E-state index contributed by atoms with van der Waals surface area (Å²) in [6.07, 6.45) is 0.913. The smallest absolute Gasteiger partial charge is 0.300 e. The minimum atomic E-state index is -0.833. The van der Waals surface area contributed by atoms with Gasteiger partial charge in [0.05, 0.1) is 0 Å². The molecule has 16 heavy (non-hydrogen) atoms. The summed E-state index contributed by atoms with van der Waals surface area (Å²) in [5.74, 6) is -1.70. The molecule has 0 amide bonds. The van der Waals surface area contributed by atoms with Crippen molar-refractivity contribution in [2.45, 2.75) is 27.2 Å². The molecule has 6 N–H and O–H groups in total. The van der Waals surface area contributed by atoms with Gasteiger partial charge < -0.3 is 26.5 Å². The van der Waals surface area contributed by atoms with Gasteiger partial charge in [0.15, 0.2) is 0 Å². The van der Waals surface area contributed by atoms with Crippen molar-refractivity contribution >= 4 is 17.9 Å². The first-order valence-corrected chi connectivity index (χ1v) is 4.33. The van der Waals surface area contributed by atoms with E-state index in [1.165, 1.54) is 0 Å². The van der Waals surface area contributed by atoms with Crippen molar-refractivity contribution in [3.63, 3.8) is 0 Å². The summed E-state index contributed by atoms with van der Waals surface area (Å²) in [5, 5.41) is 18.1. The molecule has 0 aromatic rings. The number of nitrogens with two attached hydrogens (primary N) is 2. The Kier molecular flexibility index (Phi) is 18.9. The summed E-state index contributed by atoms with van der Waals surface area (Å²) in [7, 11) is 0. The van der Waals surface area contributed by atoms with E-state index < -0.39 is 11.9 Å². The molecule has 96 valence electrons. The van der Waals surface area contributed by atoms with E-state index in [4.69, 9.17) is 31.3 Å². The van der Waals surface area contributed by atoms with Gasteiger partial charge in [0, 0.05) is 13.8 Å². The van der Waals surface area contributed by atoms with Gasteiger partial charge in [0.25, 0.3) is 11.9 Å². The molecule has 0 aromatic carbocycles. The lowest BCUT2D eigenvalue weighted by Gasteiger charge is -1.92. The molecular weight excluding hydrogens is 218 g/mol. The van der Waals surface area contributed by atoms with Gasteiger partial charge in [-0.2, -0.15) is 0 Å². The van der Waals surface area contributed by atoms with Crippen LogP contribution in [-0.4, -0.2) is 34.7 Å². The molecule has 0 saturated heterocycles. The van der Waals surface area contributed by atoms with Crippen molar-refractivity contribution in [3.8, 4) is 0 Å². The minimum Gasteiger partial charge on any atom is -0.481 e. The SMILES string of the molecule is CC(=O)O.CC(=O)O.CCCON=C(N)N. The molecule has 0 bridgehead atoms. The second-order valence-electron chi connectivity index (χ2n) is 2.39. The number of carboxylic acids is 2. The van der Waals surface area contributed by atoms with Gasteiger partial charge in [-0.1, -0.05) is 6.92 Å². The second kappa shape index (κ2) is 15.5. The Bertz CT molecular complexity index is 194. The predicted octanol–water partition coefficient (Wildman–Crippen LogP) is -0.217. The maximum absolute atomic E-state index is 9.00. The predicted molar refractivity (Wildman–Crippen MR) is 58.7 cm³/mol. The van der Waals surface area contributed by atoms with Crippen molar-refractivity contribution in [2.75, 3.05) is 6.61 Å². The van der Waals surface area contributed by atoms with Crippen LogP contribution in [0.25, 0.3) is 0 Å². The Morgan fingerprint density at radius 3 is 1.69 bits per heavy atom. The Morgan fingerprint density at radius 1 is 1.19 bits per heavy atom. The number of nitrogens with zero attached hydrogens (tertiary/aromatic N) is 1. The zero-order valence-corrected chi connectivity index (χ0v) is 9.64. The van der Waals surface area contributed by atoms with Crippen LogP contribution < -0.4 is 11.5 Å². The fourth-order valence-electron chi connectivity index (χ4n) is 0.211. The van der Waals surface area contributed by atoms with Crippen molar-refractivity contribution in [1.29, 1.82) is 0 Å². The van der Waals surface area contributed by atoms with Crippen molar-refractivity contribution < 1.29 is 24.6 Å². The number of rotatable bonds is 3. The number of guanidine groups is 1. The van der Waals surface area contributed by atoms with Crippen LogP contribution in [0.4, 0.5) is 0 Å². The molecule has 0 aliphatic carbocycles. The molecule has 0 aliphatic rings. The third-order valence-electron chi connectivity index (χ3n) is 0.465. The van der Waals surface area contributed by atoms with Crippen LogP contribution in [0.1, 0.15) is 27.2 Å². The van der Waals surface area contributed by atoms with E-state index in [9.17, 15) is 0 Å². The van der Waals surface area contributed by atoms with Crippen LogP contribution in [0.15, 0.2) is 5.16 Å². The fourth-order valence-corrected chi connectivity index (χ4v) is 0.211. The molecule has 0 radical (unpaired) electrons. The van der Waals surface area contributed by atoms with E-state index in [0.29, 0.717) is 6.61 Å². The lowest BCUT2D eigenvalue weighted by atomic mass is 10.5. The molecule has 0 rings (SSSR count). The zero-order chi connectivity index (χ0) is 13.6. The van der Waals surface area contributed by atoms with E-state index in [-0.39, 0.29) is 5.96 Å². The van der Waals surface area contributed by atoms with Gasteiger partial charge >= 0.3 is 0 Å². The molecule has 8 heteroatoms. The molecule has 0 heterocycles. The Hall–Kier alpha value is -1.99. The summed E-state index contributed by atoms with van der Waals surface area (Å²) < 4.78 is 0. The lowest BCUT2D eigenvalue weighted by molar-refractivity contribution is -0.135. The molecule has 0 saturated carbocycles. The molecule has 0 atom stereocenters. The van der Waals surface area contributed by atoms with Crippen LogP contribution in [-0.2, 0) is 14.4 Å². The third-order valence-corrected chi connectivity index (χ3v) is 0.465. The Balaban J connectivity index is -0.000000179. The van der Waals surface area contributed by atoms with Gasteiger partial charge in [-0.05, 0) is 11.6 Å². The highest BCUT2D eigenvalue weighted by Gasteiger charge is 1.78. The topological polar surface area (TPSA) is 148 Å².